The van der Waals surface area contributed by atoms with Crippen LogP contribution in [0.3, 0.4) is 0 Å². The highest BCUT2D eigenvalue weighted by molar-refractivity contribution is 5.94. The second-order valence-corrected chi connectivity index (χ2v) is 5.08. The first-order valence-electron chi connectivity index (χ1n) is 7.08. The molecule has 1 aromatic rings. The lowest BCUT2D eigenvalue weighted by Crippen LogP contribution is -2.37. The summed E-state index contributed by atoms with van der Waals surface area (Å²) in [6, 6.07) is 4.44. The molecule has 0 aromatic heterocycles. The molecular formula is C15H21FN2O2. The van der Waals surface area contributed by atoms with Crippen molar-refractivity contribution in [1.82, 2.24) is 4.90 Å². The lowest BCUT2D eigenvalue weighted by molar-refractivity contribution is 0.0697. The summed E-state index contributed by atoms with van der Waals surface area (Å²) >= 11 is 0. The van der Waals surface area contributed by atoms with E-state index in [1.165, 1.54) is 6.07 Å². The van der Waals surface area contributed by atoms with Gasteiger partial charge in [-0.15, -0.1) is 0 Å². The largest absolute Gasteiger partial charge is 0.478 e. The van der Waals surface area contributed by atoms with Crippen LogP contribution in [0.25, 0.3) is 0 Å². The molecule has 110 valence electrons. The van der Waals surface area contributed by atoms with Crippen molar-refractivity contribution >= 4 is 11.7 Å². The first-order valence-corrected chi connectivity index (χ1v) is 7.08. The van der Waals surface area contributed by atoms with E-state index in [9.17, 15) is 14.3 Å². The molecule has 1 aliphatic heterocycles. The SMILES string of the molecule is CCN(CC)C1CCN(c2ccc(F)cc2C(=O)O)C1. The predicted octanol–water partition coefficient (Wildman–Crippen LogP) is 2.44. The van der Waals surface area contributed by atoms with Crippen LogP contribution in [0.1, 0.15) is 30.6 Å². The zero-order chi connectivity index (χ0) is 14.7. The second kappa shape index (κ2) is 6.22. The molecule has 0 amide bonds. The Kier molecular flexibility index (Phi) is 4.60. The number of benzene rings is 1. The number of likely N-dealkylation sites (N-methyl/N-ethyl adjacent to an activating group) is 1. The van der Waals surface area contributed by atoms with Gasteiger partial charge in [-0.25, -0.2) is 9.18 Å². The minimum absolute atomic E-state index is 0.0465. The maximum absolute atomic E-state index is 13.2. The van der Waals surface area contributed by atoms with Crippen molar-refractivity contribution in [3.8, 4) is 0 Å². The quantitative estimate of drug-likeness (QED) is 0.899. The monoisotopic (exact) mass is 280 g/mol. The van der Waals surface area contributed by atoms with Gasteiger partial charge in [-0.1, -0.05) is 13.8 Å². The summed E-state index contributed by atoms with van der Waals surface area (Å²) in [7, 11) is 0. The minimum atomic E-state index is -1.08. The zero-order valence-electron chi connectivity index (χ0n) is 12.0. The number of halogens is 1. The van der Waals surface area contributed by atoms with Gasteiger partial charge in [0.2, 0.25) is 0 Å². The Morgan fingerprint density at radius 3 is 2.75 bits per heavy atom. The highest BCUT2D eigenvalue weighted by Crippen LogP contribution is 2.27. The van der Waals surface area contributed by atoms with Crippen molar-refractivity contribution in [1.29, 1.82) is 0 Å². The van der Waals surface area contributed by atoms with Gasteiger partial charge in [0.1, 0.15) is 5.82 Å². The Balaban J connectivity index is 2.20. The van der Waals surface area contributed by atoms with Crippen LogP contribution in [-0.4, -0.2) is 48.2 Å². The van der Waals surface area contributed by atoms with E-state index in [4.69, 9.17) is 0 Å². The highest BCUT2D eigenvalue weighted by Gasteiger charge is 2.28. The van der Waals surface area contributed by atoms with Crippen molar-refractivity contribution < 1.29 is 14.3 Å². The summed E-state index contributed by atoms with van der Waals surface area (Å²) in [5.41, 5.74) is 0.666. The number of carbonyl (C=O) groups is 1. The average Bonchev–Trinajstić information content (AvgIpc) is 2.89. The lowest BCUT2D eigenvalue weighted by atomic mass is 10.1. The molecule has 0 saturated carbocycles. The van der Waals surface area contributed by atoms with Gasteiger partial charge in [-0.3, -0.25) is 4.90 Å². The van der Waals surface area contributed by atoms with Crippen LogP contribution < -0.4 is 4.90 Å². The number of aromatic carboxylic acids is 1. The van der Waals surface area contributed by atoms with Gasteiger partial charge in [0.25, 0.3) is 0 Å². The first-order chi connectivity index (χ1) is 9.56. The smallest absolute Gasteiger partial charge is 0.337 e. The van der Waals surface area contributed by atoms with Crippen LogP contribution in [0.4, 0.5) is 10.1 Å². The summed E-state index contributed by atoms with van der Waals surface area (Å²) in [5, 5.41) is 9.21. The van der Waals surface area contributed by atoms with Gasteiger partial charge < -0.3 is 10.0 Å². The number of carboxylic acids is 1. The van der Waals surface area contributed by atoms with Crippen LogP contribution >= 0.6 is 0 Å². The molecule has 1 aromatic carbocycles. The Morgan fingerprint density at radius 1 is 1.45 bits per heavy atom. The molecule has 1 saturated heterocycles. The van der Waals surface area contributed by atoms with Crippen molar-refractivity contribution in [3.63, 3.8) is 0 Å². The Labute approximate surface area is 118 Å². The highest BCUT2D eigenvalue weighted by atomic mass is 19.1. The molecule has 2 rings (SSSR count). The number of nitrogens with zero attached hydrogens (tertiary/aromatic N) is 2. The van der Waals surface area contributed by atoms with Crippen molar-refractivity contribution in [2.75, 3.05) is 31.1 Å². The normalized spacial score (nSPS) is 18.8. The number of anilines is 1. The van der Waals surface area contributed by atoms with Crippen LogP contribution in [0, 0.1) is 5.82 Å². The molecule has 0 bridgehead atoms. The van der Waals surface area contributed by atoms with E-state index < -0.39 is 11.8 Å². The molecule has 1 heterocycles. The van der Waals surface area contributed by atoms with E-state index in [0.29, 0.717) is 11.7 Å². The number of carboxylic acid groups (broad SMARTS) is 1. The van der Waals surface area contributed by atoms with Gasteiger partial charge in [-0.05, 0) is 37.7 Å². The first kappa shape index (κ1) is 14.8. The zero-order valence-corrected chi connectivity index (χ0v) is 12.0. The molecule has 5 heteroatoms. The predicted molar refractivity (Wildman–Crippen MR) is 76.9 cm³/mol. The minimum Gasteiger partial charge on any atom is -0.478 e. The summed E-state index contributed by atoms with van der Waals surface area (Å²) in [5.74, 6) is -1.59. The van der Waals surface area contributed by atoms with Gasteiger partial charge in [0.15, 0.2) is 0 Å². The third-order valence-corrected chi connectivity index (χ3v) is 4.02. The molecule has 1 aliphatic rings. The van der Waals surface area contributed by atoms with Crippen molar-refractivity contribution in [2.45, 2.75) is 26.3 Å². The van der Waals surface area contributed by atoms with Gasteiger partial charge >= 0.3 is 5.97 Å². The summed E-state index contributed by atoms with van der Waals surface area (Å²) < 4.78 is 13.2. The van der Waals surface area contributed by atoms with Crippen molar-refractivity contribution in [2.24, 2.45) is 0 Å². The second-order valence-electron chi connectivity index (χ2n) is 5.08. The standard InChI is InChI=1S/C15H21FN2O2/c1-3-17(4-2)12-7-8-18(10-12)14-6-5-11(16)9-13(14)15(19)20/h5-6,9,12H,3-4,7-8,10H2,1-2H3,(H,19,20). The van der Waals surface area contributed by atoms with Crippen LogP contribution in [0.15, 0.2) is 18.2 Å². The Bertz CT molecular complexity index is 489. The van der Waals surface area contributed by atoms with Gasteiger partial charge in [-0.2, -0.15) is 0 Å². The molecule has 1 unspecified atom stereocenters. The molecule has 1 fully saturated rings. The summed E-state index contributed by atoms with van der Waals surface area (Å²) in [6.45, 7) is 7.86. The van der Waals surface area contributed by atoms with Crippen molar-refractivity contribution in [3.05, 3.63) is 29.6 Å². The molecule has 20 heavy (non-hydrogen) atoms. The molecule has 1 N–H and O–H groups in total. The van der Waals surface area contributed by atoms with E-state index in [0.717, 1.165) is 38.7 Å². The van der Waals surface area contributed by atoms with Gasteiger partial charge in [0, 0.05) is 19.1 Å². The van der Waals surface area contributed by atoms with E-state index in [1.54, 1.807) is 6.07 Å². The molecule has 1 atom stereocenters. The Hall–Kier alpha value is -1.62. The van der Waals surface area contributed by atoms with E-state index in [2.05, 4.69) is 18.7 Å². The lowest BCUT2D eigenvalue weighted by Gasteiger charge is -2.27. The fraction of sp³-hybridized carbons (Fsp3) is 0.533. The topological polar surface area (TPSA) is 43.8 Å². The summed E-state index contributed by atoms with van der Waals surface area (Å²) in [4.78, 5) is 15.7. The fourth-order valence-electron chi connectivity index (χ4n) is 2.95. The van der Waals surface area contributed by atoms with E-state index in [-0.39, 0.29) is 5.56 Å². The maximum atomic E-state index is 13.2. The van der Waals surface area contributed by atoms with E-state index >= 15 is 0 Å². The average molecular weight is 280 g/mol. The fourth-order valence-corrected chi connectivity index (χ4v) is 2.95. The Morgan fingerprint density at radius 2 is 2.15 bits per heavy atom. The third kappa shape index (κ3) is 2.93. The van der Waals surface area contributed by atoms with Crippen LogP contribution in [-0.2, 0) is 0 Å². The maximum Gasteiger partial charge on any atom is 0.337 e. The molecule has 0 radical (unpaired) electrons. The molecule has 0 spiro atoms. The van der Waals surface area contributed by atoms with Crippen LogP contribution in [0.2, 0.25) is 0 Å². The number of hydrogen-bond donors (Lipinski definition) is 1. The van der Waals surface area contributed by atoms with Crippen LogP contribution in [0.5, 0.6) is 0 Å². The molecule has 4 nitrogen and oxygen atoms in total. The third-order valence-electron chi connectivity index (χ3n) is 4.02. The van der Waals surface area contributed by atoms with Gasteiger partial charge in [0.05, 0.1) is 11.3 Å². The molecule has 0 aliphatic carbocycles. The number of rotatable bonds is 5. The molecular weight excluding hydrogens is 259 g/mol. The summed E-state index contributed by atoms with van der Waals surface area (Å²) in [6.07, 6.45) is 1.01. The number of hydrogen-bond acceptors (Lipinski definition) is 3. The van der Waals surface area contributed by atoms with E-state index in [1.807, 2.05) is 4.90 Å².